The summed E-state index contributed by atoms with van der Waals surface area (Å²) in [7, 11) is 0. The van der Waals surface area contributed by atoms with Gasteiger partial charge in [0.05, 0.1) is 0 Å². The highest BCUT2D eigenvalue weighted by molar-refractivity contribution is 5.87. The van der Waals surface area contributed by atoms with Crippen LogP contribution in [-0.4, -0.2) is 18.1 Å². The molecule has 0 rings (SSSR count). The molecule has 0 amide bonds. The van der Waals surface area contributed by atoms with Crippen LogP contribution in [0.1, 0.15) is 6.42 Å². The van der Waals surface area contributed by atoms with Crippen LogP contribution in [-0.2, 0) is 4.79 Å². The van der Waals surface area contributed by atoms with Crippen LogP contribution in [0.25, 0.3) is 0 Å². The number of Topliss-reactive ketones (excluding diaryl/α,β-unsaturated/α-hetero) is 1. The molecule has 0 N–H and O–H groups in total. The van der Waals surface area contributed by atoms with E-state index in [2.05, 4.69) is 6.58 Å². The molecule has 0 unspecified atom stereocenters. The first-order valence-corrected chi connectivity index (χ1v) is 2.73. The molecule has 0 radical (unpaired) electrons. The first-order valence-electron chi connectivity index (χ1n) is 2.73. The third-order valence-corrected chi connectivity index (χ3v) is 0.976. The van der Waals surface area contributed by atoms with E-state index < -0.39 is 24.6 Å². The standard InChI is InChI=1S/C6H6F4O/c1-2-3-4(11)6(9,10)5(7)8/h2,5H,1,3H2. The van der Waals surface area contributed by atoms with Crippen molar-refractivity contribution in [1.82, 2.24) is 0 Å². The van der Waals surface area contributed by atoms with E-state index in [1.165, 1.54) is 0 Å². The Labute approximate surface area is 60.7 Å². The third-order valence-electron chi connectivity index (χ3n) is 0.976. The fourth-order valence-corrected chi connectivity index (χ4v) is 0.389. The lowest BCUT2D eigenvalue weighted by Crippen LogP contribution is -2.35. The zero-order valence-corrected chi connectivity index (χ0v) is 5.49. The smallest absolute Gasteiger partial charge is 0.292 e. The molecule has 0 aliphatic carbocycles. The summed E-state index contributed by atoms with van der Waals surface area (Å²) in [5.41, 5.74) is 0. The maximum Gasteiger partial charge on any atom is 0.364 e. The van der Waals surface area contributed by atoms with Crippen molar-refractivity contribution in [3.8, 4) is 0 Å². The Bertz CT molecular complexity index is 164. The van der Waals surface area contributed by atoms with Crippen LogP contribution in [0.15, 0.2) is 12.7 Å². The van der Waals surface area contributed by atoms with Crippen LogP contribution in [0.3, 0.4) is 0 Å². The summed E-state index contributed by atoms with van der Waals surface area (Å²) in [5, 5.41) is 0. The lowest BCUT2D eigenvalue weighted by Gasteiger charge is -2.11. The number of rotatable bonds is 4. The summed E-state index contributed by atoms with van der Waals surface area (Å²) in [4.78, 5) is 10.2. The fraction of sp³-hybridized carbons (Fsp3) is 0.500. The number of hydrogen-bond donors (Lipinski definition) is 0. The van der Waals surface area contributed by atoms with E-state index in [0.717, 1.165) is 6.08 Å². The van der Waals surface area contributed by atoms with E-state index >= 15 is 0 Å². The molecule has 0 aromatic heterocycles. The summed E-state index contributed by atoms with van der Waals surface area (Å²) < 4.78 is 46.7. The number of allylic oxidation sites excluding steroid dienone is 1. The molecule has 0 saturated carbocycles. The molecule has 0 aromatic rings. The molecule has 64 valence electrons. The van der Waals surface area contributed by atoms with E-state index in [1.54, 1.807) is 0 Å². The number of ketones is 1. The molecule has 11 heavy (non-hydrogen) atoms. The Balaban J connectivity index is 4.29. The van der Waals surface area contributed by atoms with Gasteiger partial charge in [0.15, 0.2) is 0 Å². The van der Waals surface area contributed by atoms with Gasteiger partial charge < -0.3 is 0 Å². The lowest BCUT2D eigenvalue weighted by atomic mass is 10.1. The Hall–Kier alpha value is -0.870. The Morgan fingerprint density at radius 1 is 1.55 bits per heavy atom. The summed E-state index contributed by atoms with van der Waals surface area (Å²) in [6.07, 6.45) is -3.81. The van der Waals surface area contributed by atoms with Crippen LogP contribution < -0.4 is 0 Å². The molecule has 0 heterocycles. The van der Waals surface area contributed by atoms with Gasteiger partial charge in [0.25, 0.3) is 0 Å². The normalized spacial score (nSPS) is 11.7. The van der Waals surface area contributed by atoms with Crippen molar-refractivity contribution in [2.24, 2.45) is 0 Å². The Kier molecular flexibility index (Phi) is 3.22. The van der Waals surface area contributed by atoms with Gasteiger partial charge in [-0.05, 0) is 0 Å². The molecule has 0 fully saturated rings. The van der Waals surface area contributed by atoms with Crippen molar-refractivity contribution >= 4 is 5.78 Å². The van der Waals surface area contributed by atoms with Crippen LogP contribution in [0.4, 0.5) is 17.6 Å². The topological polar surface area (TPSA) is 17.1 Å². The number of hydrogen-bond acceptors (Lipinski definition) is 1. The third kappa shape index (κ3) is 2.32. The largest absolute Gasteiger partial charge is 0.364 e. The van der Waals surface area contributed by atoms with Gasteiger partial charge in [-0.15, -0.1) is 6.58 Å². The van der Waals surface area contributed by atoms with Gasteiger partial charge in [0.1, 0.15) is 0 Å². The molecule has 5 heteroatoms. The zero-order chi connectivity index (χ0) is 9.07. The highest BCUT2D eigenvalue weighted by Crippen LogP contribution is 2.24. The Morgan fingerprint density at radius 3 is 2.27 bits per heavy atom. The van der Waals surface area contributed by atoms with E-state index in [4.69, 9.17) is 0 Å². The molecule has 0 atom stereocenters. The van der Waals surface area contributed by atoms with Crippen molar-refractivity contribution in [3.63, 3.8) is 0 Å². The van der Waals surface area contributed by atoms with Crippen molar-refractivity contribution in [2.75, 3.05) is 0 Å². The summed E-state index contributed by atoms with van der Waals surface area (Å²) in [6.45, 7) is 2.97. The maximum absolute atomic E-state index is 12.0. The fourth-order valence-electron chi connectivity index (χ4n) is 0.389. The highest BCUT2D eigenvalue weighted by Gasteiger charge is 2.47. The second kappa shape index (κ2) is 3.50. The van der Waals surface area contributed by atoms with Gasteiger partial charge in [0.2, 0.25) is 5.78 Å². The van der Waals surface area contributed by atoms with Crippen molar-refractivity contribution in [1.29, 1.82) is 0 Å². The minimum absolute atomic E-state index is 0.739. The number of halogens is 4. The monoisotopic (exact) mass is 170 g/mol. The lowest BCUT2D eigenvalue weighted by molar-refractivity contribution is -0.166. The van der Waals surface area contributed by atoms with Crippen molar-refractivity contribution in [2.45, 2.75) is 18.8 Å². The predicted octanol–water partition coefficient (Wildman–Crippen LogP) is 2.03. The average Bonchev–Trinajstić information content (AvgIpc) is 1.88. The molecule has 0 aliphatic heterocycles. The number of carbonyl (C=O) groups is 1. The second-order valence-electron chi connectivity index (χ2n) is 1.84. The minimum Gasteiger partial charge on any atom is -0.292 e. The predicted molar refractivity (Wildman–Crippen MR) is 30.8 cm³/mol. The molecule has 0 bridgehead atoms. The summed E-state index contributed by atoms with van der Waals surface area (Å²) in [6, 6.07) is 0. The van der Waals surface area contributed by atoms with E-state index in [-0.39, 0.29) is 0 Å². The van der Waals surface area contributed by atoms with Gasteiger partial charge in [-0.25, -0.2) is 8.78 Å². The van der Waals surface area contributed by atoms with Crippen LogP contribution in [0.5, 0.6) is 0 Å². The van der Waals surface area contributed by atoms with E-state index in [9.17, 15) is 22.4 Å². The van der Waals surface area contributed by atoms with Crippen molar-refractivity contribution in [3.05, 3.63) is 12.7 Å². The Morgan fingerprint density at radius 2 is 2.00 bits per heavy atom. The first kappa shape index (κ1) is 10.1. The molecule has 0 saturated heterocycles. The van der Waals surface area contributed by atoms with Gasteiger partial charge in [0, 0.05) is 6.42 Å². The van der Waals surface area contributed by atoms with Crippen LogP contribution in [0.2, 0.25) is 0 Å². The highest BCUT2D eigenvalue weighted by atomic mass is 19.3. The average molecular weight is 170 g/mol. The van der Waals surface area contributed by atoms with Gasteiger partial charge >= 0.3 is 12.3 Å². The van der Waals surface area contributed by atoms with Crippen LogP contribution in [0, 0.1) is 0 Å². The zero-order valence-electron chi connectivity index (χ0n) is 5.49. The summed E-state index contributed by atoms with van der Waals surface area (Å²) >= 11 is 0. The number of carbonyl (C=O) groups excluding carboxylic acids is 1. The van der Waals surface area contributed by atoms with Gasteiger partial charge in [-0.2, -0.15) is 8.78 Å². The maximum atomic E-state index is 12.0. The van der Waals surface area contributed by atoms with E-state index in [0.29, 0.717) is 0 Å². The minimum atomic E-state index is -4.53. The van der Waals surface area contributed by atoms with Gasteiger partial charge in [-0.3, -0.25) is 4.79 Å². The molecular weight excluding hydrogens is 164 g/mol. The molecule has 0 aliphatic rings. The first-order chi connectivity index (χ1) is 4.92. The molecule has 0 aromatic carbocycles. The quantitative estimate of drug-likeness (QED) is 0.466. The molecular formula is C6H6F4O. The number of alkyl halides is 4. The van der Waals surface area contributed by atoms with Crippen molar-refractivity contribution < 1.29 is 22.4 Å². The SMILES string of the molecule is C=CCC(=O)C(F)(F)C(F)F. The van der Waals surface area contributed by atoms with Gasteiger partial charge in [-0.1, -0.05) is 6.08 Å². The van der Waals surface area contributed by atoms with E-state index in [1.807, 2.05) is 0 Å². The molecule has 0 spiro atoms. The second-order valence-corrected chi connectivity index (χ2v) is 1.84. The summed E-state index contributed by atoms with van der Waals surface area (Å²) in [5.74, 6) is -6.34. The molecule has 1 nitrogen and oxygen atoms in total. The van der Waals surface area contributed by atoms with Crippen LogP contribution >= 0.6 is 0 Å².